The molecule has 0 aromatic heterocycles. The quantitative estimate of drug-likeness (QED) is 0.578. The second-order valence-corrected chi connectivity index (χ2v) is 0. The lowest BCUT2D eigenvalue weighted by Gasteiger charge is -0.148. The van der Waals surface area contributed by atoms with Gasteiger partial charge in [0.05, 0.1) is 0 Å². The number of rotatable bonds is 0. The van der Waals surface area contributed by atoms with Crippen molar-refractivity contribution in [1.82, 2.24) is 0 Å². The second kappa shape index (κ2) is 89.2. The zero-order valence-electron chi connectivity index (χ0n) is 2.90. The molecule has 7 heteroatoms. The Labute approximate surface area is 84.0 Å². The highest BCUT2D eigenvalue weighted by Crippen LogP contribution is 0.861. The second-order valence-electron chi connectivity index (χ2n) is 0. The summed E-state index contributed by atoms with van der Waals surface area (Å²) in [5.41, 5.74) is 0. The lowest BCUT2D eigenvalue weighted by atomic mass is 31.0. The monoisotopic (exact) mass is 247 g/mol. The van der Waals surface area contributed by atoms with E-state index in [1.54, 1.807) is 0 Å². The smallest absolute Gasteiger partial charge is 0 e. The third-order valence-corrected chi connectivity index (χ3v) is 0. The number of halogens is 6. The van der Waals surface area contributed by atoms with E-state index in [-0.39, 0.29) is 84.3 Å². The molecule has 3 radical (unpaired) electrons. The predicted octanol–water partition coefficient (Wildman–Crippen LogP) is 3.39. The average molecular weight is 250 g/mol. The topological polar surface area (TPSA) is 0 Å². The van der Waals surface area contributed by atoms with Gasteiger partial charge in [0.25, 0.3) is 0 Å². The highest BCUT2D eigenvalue weighted by Gasteiger charge is 0.0000424. The minimum Gasteiger partial charge on any atom is -0.147 e. The molecular weight excluding hydrogens is 244 g/mol. The summed E-state index contributed by atoms with van der Waals surface area (Å²) in [6.45, 7) is 0. The van der Waals surface area contributed by atoms with Crippen molar-refractivity contribution in [3.05, 3.63) is 0 Å². The van der Waals surface area contributed by atoms with Gasteiger partial charge in [-0.2, -0.15) is 0 Å². The van der Waals surface area contributed by atoms with Gasteiger partial charge in [-0.15, -0.1) is 74.4 Å². The Morgan fingerprint density at radius 3 is 0.286 bits per heavy atom. The molecule has 0 aromatic carbocycles. The van der Waals surface area contributed by atoms with E-state index in [9.17, 15) is 0 Å². The Kier molecular flexibility index (Phi) is 1660. The Balaban J connectivity index is 0. The lowest BCUT2D eigenvalue weighted by Crippen LogP contribution is 0.688. The van der Waals surface area contributed by atoms with Gasteiger partial charge in [-0.3, -0.25) is 0 Å². The molecule has 0 aliphatic carbocycles. The third kappa shape index (κ3) is 66.1. The van der Waals surface area contributed by atoms with Gasteiger partial charge in [-0.25, -0.2) is 0 Å². The Morgan fingerprint density at radius 1 is 0.286 bits per heavy atom. The maximum absolute atomic E-state index is 0. The highest BCUT2D eigenvalue weighted by atomic mass is 35.5. The van der Waals surface area contributed by atoms with Crippen molar-refractivity contribution in [2.75, 3.05) is 0 Å². The van der Waals surface area contributed by atoms with Crippen LogP contribution in [0, 0.1) is 0 Å². The SMILES string of the molecule is Cl.Cl.Cl.Cl.Cl.Cl.[P]. The minimum absolute atomic E-state index is 0. The molecule has 0 aliphatic rings. The predicted molar refractivity (Wildman–Crippen MR) is 50.4 cm³/mol. The minimum atomic E-state index is 0. The lowest BCUT2D eigenvalue weighted by molar-refractivity contribution is 5.85. The first-order chi connectivity index (χ1) is 0. The summed E-state index contributed by atoms with van der Waals surface area (Å²) in [6, 6.07) is 0. The standard InChI is InChI=1S/6ClH.P/h6*1H;. The molecule has 0 unspecified atom stereocenters. The van der Waals surface area contributed by atoms with E-state index in [1.807, 2.05) is 0 Å². The molecule has 0 N–H and O–H groups in total. The van der Waals surface area contributed by atoms with Crippen molar-refractivity contribution in [3.63, 3.8) is 0 Å². The summed E-state index contributed by atoms with van der Waals surface area (Å²) in [5.74, 6) is 0. The van der Waals surface area contributed by atoms with E-state index in [2.05, 4.69) is 0 Å². The molecule has 53 valence electrons. The van der Waals surface area contributed by atoms with E-state index in [4.69, 9.17) is 0 Å². The fraction of sp³-hybridized carbons (Fsp3) is 0. The van der Waals surface area contributed by atoms with Gasteiger partial charge in [0.2, 0.25) is 0 Å². The van der Waals surface area contributed by atoms with Gasteiger partial charge < -0.3 is 0 Å². The first-order valence-electron chi connectivity index (χ1n) is 0. The Hall–Kier alpha value is 2.17. The van der Waals surface area contributed by atoms with Crippen LogP contribution in [0.15, 0.2) is 0 Å². The zero-order valence-corrected chi connectivity index (χ0v) is 8.69. The van der Waals surface area contributed by atoms with Gasteiger partial charge >= 0.3 is 0 Å². The molecule has 0 bridgehead atoms. The molecule has 0 nitrogen and oxygen atoms in total. The molecule has 0 spiro atoms. The van der Waals surface area contributed by atoms with Crippen molar-refractivity contribution < 1.29 is 0 Å². The van der Waals surface area contributed by atoms with Gasteiger partial charge in [-0.05, 0) is 0 Å². The molecule has 0 rings (SSSR count). The maximum atomic E-state index is 0. The normalized spacial score (nSPS) is 0. The van der Waals surface area contributed by atoms with Crippen LogP contribution in [-0.4, -0.2) is 0 Å². The molecule has 0 saturated heterocycles. The van der Waals surface area contributed by atoms with Crippen molar-refractivity contribution in [3.8, 4) is 0 Å². The highest BCUT2D eigenvalue weighted by molar-refractivity contribution is 6.92. The molecule has 0 atom stereocenters. The molecule has 7 heavy (non-hydrogen) atoms. The van der Waals surface area contributed by atoms with E-state index in [1.165, 1.54) is 0 Å². The number of hydrogen-bond donors (Lipinski definition) is 0. The van der Waals surface area contributed by atoms with Gasteiger partial charge in [0.1, 0.15) is 0 Å². The third-order valence-electron chi connectivity index (χ3n) is 0. The van der Waals surface area contributed by atoms with Crippen LogP contribution in [0.1, 0.15) is 0 Å². The van der Waals surface area contributed by atoms with E-state index in [0.717, 1.165) is 0 Å². The summed E-state index contributed by atoms with van der Waals surface area (Å²) >= 11 is 0. The summed E-state index contributed by atoms with van der Waals surface area (Å²) in [7, 11) is 0. The first-order valence-corrected chi connectivity index (χ1v) is 0. The van der Waals surface area contributed by atoms with Crippen LogP contribution in [0.25, 0.3) is 0 Å². The van der Waals surface area contributed by atoms with Crippen LogP contribution in [-0.2, 0) is 0 Å². The summed E-state index contributed by atoms with van der Waals surface area (Å²) in [4.78, 5) is 0. The van der Waals surface area contributed by atoms with Gasteiger partial charge in [0, 0.05) is 9.90 Å². The van der Waals surface area contributed by atoms with E-state index in [0.29, 0.717) is 0 Å². The van der Waals surface area contributed by atoms with Crippen molar-refractivity contribution in [2.24, 2.45) is 0 Å². The molecule has 0 aliphatic heterocycles. The summed E-state index contributed by atoms with van der Waals surface area (Å²) < 4.78 is 0. The van der Waals surface area contributed by atoms with E-state index >= 15 is 0 Å². The van der Waals surface area contributed by atoms with Crippen molar-refractivity contribution >= 4 is 84.3 Å². The summed E-state index contributed by atoms with van der Waals surface area (Å²) in [5, 5.41) is 0. The van der Waals surface area contributed by atoms with Gasteiger partial charge in [-0.1, -0.05) is 0 Å². The first kappa shape index (κ1) is 130. The summed E-state index contributed by atoms with van der Waals surface area (Å²) in [6.07, 6.45) is 0. The molecule has 0 saturated carbocycles. The maximum Gasteiger partial charge on any atom is 0 e. The van der Waals surface area contributed by atoms with Crippen molar-refractivity contribution in [2.45, 2.75) is 0 Å². The molecule has 0 amide bonds. The Morgan fingerprint density at radius 2 is 0.286 bits per heavy atom. The molecule has 0 fully saturated rings. The average Bonchev–Trinajstić information content (AvgIpc) is 0. The molecule has 0 heterocycles. The number of hydrogen-bond acceptors (Lipinski definition) is 0. The van der Waals surface area contributed by atoms with Crippen LogP contribution in [0.4, 0.5) is 0 Å². The van der Waals surface area contributed by atoms with Crippen LogP contribution in [0.3, 0.4) is 0 Å². The van der Waals surface area contributed by atoms with Crippen LogP contribution < -0.4 is 0 Å². The van der Waals surface area contributed by atoms with Crippen molar-refractivity contribution in [1.29, 1.82) is 0 Å². The molecular formula is H6Cl6P. The van der Waals surface area contributed by atoms with Crippen LogP contribution in [0.2, 0.25) is 0 Å². The molecule has 0 aromatic rings. The van der Waals surface area contributed by atoms with Gasteiger partial charge in [0.15, 0.2) is 0 Å². The van der Waals surface area contributed by atoms with Crippen LogP contribution >= 0.6 is 84.3 Å². The van der Waals surface area contributed by atoms with Crippen LogP contribution in [0.5, 0.6) is 0 Å². The fourth-order valence-corrected chi connectivity index (χ4v) is 0. The Bertz CT molecular complexity index is 4.14. The largest absolute Gasteiger partial charge is 0.147 e. The zero-order chi connectivity index (χ0) is 0. The fourth-order valence-electron chi connectivity index (χ4n) is 0. The van der Waals surface area contributed by atoms with E-state index < -0.39 is 0 Å².